The first-order chi connectivity index (χ1) is 9.17. The predicted molar refractivity (Wildman–Crippen MR) is 75.6 cm³/mol. The highest BCUT2D eigenvalue weighted by Gasteiger charge is 2.02. The highest BCUT2D eigenvalue weighted by molar-refractivity contribution is 7.13. The molecule has 1 aromatic heterocycles. The van der Waals surface area contributed by atoms with Crippen molar-refractivity contribution in [1.29, 1.82) is 0 Å². The lowest BCUT2D eigenvalue weighted by Crippen LogP contribution is -2.07. The summed E-state index contributed by atoms with van der Waals surface area (Å²) < 4.78 is 12.7. The molecule has 1 amide bonds. The molecule has 5 heteroatoms. The maximum absolute atomic E-state index is 12.7. The molecule has 1 heterocycles. The van der Waals surface area contributed by atoms with E-state index < -0.39 is 0 Å². The summed E-state index contributed by atoms with van der Waals surface area (Å²) in [5.74, 6) is -0.544. The van der Waals surface area contributed by atoms with Gasteiger partial charge < -0.3 is 0 Å². The molecule has 0 aliphatic heterocycles. The van der Waals surface area contributed by atoms with Crippen LogP contribution in [0.3, 0.4) is 0 Å². The van der Waals surface area contributed by atoms with Gasteiger partial charge in [0, 0.05) is 11.5 Å². The Morgan fingerprint density at radius 2 is 2.16 bits per heavy atom. The monoisotopic (exact) mass is 276 g/mol. The van der Waals surface area contributed by atoms with Gasteiger partial charge in [0.1, 0.15) is 5.82 Å². The lowest BCUT2D eigenvalue weighted by molar-refractivity contribution is -0.111. The van der Waals surface area contributed by atoms with Gasteiger partial charge in [0.25, 0.3) is 0 Å². The third-order valence-corrected chi connectivity index (χ3v) is 3.25. The minimum atomic E-state index is -0.295. The zero-order valence-corrected chi connectivity index (χ0v) is 11.2. The highest BCUT2D eigenvalue weighted by atomic mass is 32.1. The molecule has 0 bridgehead atoms. The number of carbonyl (C=O) groups is 1. The summed E-state index contributed by atoms with van der Waals surface area (Å²) in [5.41, 5.74) is 1.73. The van der Waals surface area contributed by atoms with E-state index in [9.17, 15) is 9.18 Å². The van der Waals surface area contributed by atoms with Crippen LogP contribution in [0.15, 0.2) is 35.7 Å². The van der Waals surface area contributed by atoms with Gasteiger partial charge >= 0.3 is 0 Å². The molecule has 0 spiro atoms. The smallest absolute Gasteiger partial charge is 0.250 e. The average Bonchev–Trinajstić information content (AvgIpc) is 2.86. The van der Waals surface area contributed by atoms with E-state index >= 15 is 0 Å². The fourth-order valence-corrected chi connectivity index (χ4v) is 2.22. The molecular weight excluding hydrogens is 263 g/mol. The number of nitrogens with one attached hydrogen (secondary N) is 1. The van der Waals surface area contributed by atoms with E-state index in [1.165, 1.54) is 29.5 Å². The number of hydrogen-bond acceptors (Lipinski definition) is 3. The van der Waals surface area contributed by atoms with Crippen molar-refractivity contribution in [2.24, 2.45) is 0 Å². The molecule has 1 aromatic carbocycles. The van der Waals surface area contributed by atoms with Crippen LogP contribution in [0.4, 0.5) is 9.52 Å². The van der Waals surface area contributed by atoms with Gasteiger partial charge in [0.05, 0.1) is 5.69 Å². The highest BCUT2D eigenvalue weighted by Crippen LogP contribution is 2.15. The van der Waals surface area contributed by atoms with Gasteiger partial charge in [-0.3, -0.25) is 10.1 Å². The minimum Gasteiger partial charge on any atom is -0.298 e. The van der Waals surface area contributed by atoms with Gasteiger partial charge in [-0.15, -0.1) is 11.3 Å². The SMILES string of the molecule is CCc1csc(NC(=O)C=Cc2ccc(F)cc2)n1. The van der Waals surface area contributed by atoms with E-state index in [0.717, 1.165) is 17.7 Å². The second-order valence-corrected chi connectivity index (χ2v) is 4.73. The second kappa shape index (κ2) is 6.24. The lowest BCUT2D eigenvalue weighted by Gasteiger charge is -1.96. The molecular formula is C14H13FN2OS. The van der Waals surface area contributed by atoms with E-state index in [2.05, 4.69) is 10.3 Å². The summed E-state index contributed by atoms with van der Waals surface area (Å²) in [7, 11) is 0. The number of benzene rings is 1. The van der Waals surface area contributed by atoms with Crippen molar-refractivity contribution in [3.63, 3.8) is 0 Å². The summed E-state index contributed by atoms with van der Waals surface area (Å²) in [5, 5.41) is 5.19. The standard InChI is InChI=1S/C14H13FN2OS/c1-2-12-9-19-14(16-12)17-13(18)8-5-10-3-6-11(15)7-4-10/h3-9H,2H2,1H3,(H,16,17,18). The van der Waals surface area contributed by atoms with Crippen LogP contribution in [0.25, 0.3) is 6.08 Å². The molecule has 0 radical (unpaired) electrons. The third-order valence-electron chi connectivity index (χ3n) is 2.44. The number of rotatable bonds is 4. The predicted octanol–water partition coefficient (Wildman–Crippen LogP) is 3.50. The zero-order chi connectivity index (χ0) is 13.7. The van der Waals surface area contributed by atoms with E-state index in [4.69, 9.17) is 0 Å². The van der Waals surface area contributed by atoms with Crippen molar-refractivity contribution in [3.8, 4) is 0 Å². The maximum Gasteiger partial charge on any atom is 0.250 e. The first kappa shape index (κ1) is 13.4. The van der Waals surface area contributed by atoms with Gasteiger partial charge in [0.2, 0.25) is 5.91 Å². The summed E-state index contributed by atoms with van der Waals surface area (Å²) in [4.78, 5) is 15.9. The van der Waals surface area contributed by atoms with Gasteiger partial charge in [-0.2, -0.15) is 0 Å². The Bertz CT molecular complexity index is 590. The molecule has 0 unspecified atom stereocenters. The largest absolute Gasteiger partial charge is 0.298 e. The van der Waals surface area contributed by atoms with Gasteiger partial charge in [-0.1, -0.05) is 19.1 Å². The molecule has 19 heavy (non-hydrogen) atoms. The number of amides is 1. The molecule has 98 valence electrons. The Morgan fingerprint density at radius 1 is 1.42 bits per heavy atom. The average molecular weight is 276 g/mol. The van der Waals surface area contributed by atoms with Crippen LogP contribution in [0.5, 0.6) is 0 Å². The van der Waals surface area contributed by atoms with Gasteiger partial charge in [-0.25, -0.2) is 9.37 Å². The molecule has 0 saturated heterocycles. The number of carbonyl (C=O) groups excluding carboxylic acids is 1. The van der Waals surface area contributed by atoms with Crippen molar-refractivity contribution in [2.45, 2.75) is 13.3 Å². The summed E-state index contributed by atoms with van der Waals surface area (Å²) in [6.45, 7) is 2.01. The van der Waals surface area contributed by atoms with Crippen LogP contribution in [0.1, 0.15) is 18.2 Å². The fourth-order valence-electron chi connectivity index (χ4n) is 1.42. The molecule has 0 fully saturated rings. The van der Waals surface area contributed by atoms with E-state index in [0.29, 0.717) is 5.13 Å². The van der Waals surface area contributed by atoms with Crippen LogP contribution in [0.2, 0.25) is 0 Å². The molecule has 0 saturated carbocycles. The van der Waals surface area contributed by atoms with E-state index in [-0.39, 0.29) is 11.7 Å². The fraction of sp³-hybridized carbons (Fsp3) is 0.143. The Morgan fingerprint density at radius 3 is 2.79 bits per heavy atom. The molecule has 0 atom stereocenters. The Hall–Kier alpha value is -2.01. The topological polar surface area (TPSA) is 42.0 Å². The zero-order valence-electron chi connectivity index (χ0n) is 10.4. The molecule has 0 aliphatic carbocycles. The molecule has 2 aromatic rings. The van der Waals surface area contributed by atoms with Crippen molar-refractivity contribution < 1.29 is 9.18 Å². The summed E-state index contributed by atoms with van der Waals surface area (Å²) in [6.07, 6.45) is 3.88. The van der Waals surface area contributed by atoms with E-state index in [1.54, 1.807) is 18.2 Å². The first-order valence-corrected chi connectivity index (χ1v) is 6.74. The van der Waals surface area contributed by atoms with Crippen molar-refractivity contribution in [2.75, 3.05) is 5.32 Å². The maximum atomic E-state index is 12.7. The number of aryl methyl sites for hydroxylation is 1. The molecule has 1 N–H and O–H groups in total. The van der Waals surface area contributed by atoms with Crippen molar-refractivity contribution >= 4 is 28.5 Å². The van der Waals surface area contributed by atoms with Crippen molar-refractivity contribution in [1.82, 2.24) is 4.98 Å². The van der Waals surface area contributed by atoms with Crippen molar-refractivity contribution in [3.05, 3.63) is 52.8 Å². The van der Waals surface area contributed by atoms with Gasteiger partial charge in [0.15, 0.2) is 5.13 Å². The first-order valence-electron chi connectivity index (χ1n) is 5.86. The quantitative estimate of drug-likeness (QED) is 0.868. The van der Waals surface area contributed by atoms with Crippen LogP contribution in [-0.2, 0) is 11.2 Å². The number of hydrogen-bond donors (Lipinski definition) is 1. The second-order valence-electron chi connectivity index (χ2n) is 3.87. The Labute approximate surface area is 114 Å². The minimum absolute atomic E-state index is 0.249. The number of thiazole rings is 1. The molecule has 3 nitrogen and oxygen atoms in total. The van der Waals surface area contributed by atoms with Crippen LogP contribution in [-0.4, -0.2) is 10.9 Å². The number of anilines is 1. The van der Waals surface area contributed by atoms with Crippen LogP contribution >= 0.6 is 11.3 Å². The van der Waals surface area contributed by atoms with Gasteiger partial charge in [-0.05, 0) is 30.2 Å². The van der Waals surface area contributed by atoms with E-state index in [1.807, 2.05) is 12.3 Å². The molecule has 2 rings (SSSR count). The van der Waals surface area contributed by atoms with Crippen LogP contribution < -0.4 is 5.32 Å². The number of nitrogens with zero attached hydrogens (tertiary/aromatic N) is 1. The third kappa shape index (κ3) is 3.99. The number of aromatic nitrogens is 1. The van der Waals surface area contributed by atoms with Crippen LogP contribution in [0, 0.1) is 5.82 Å². The molecule has 0 aliphatic rings. The number of halogens is 1. The Kier molecular flexibility index (Phi) is 4.41. The summed E-state index contributed by atoms with van der Waals surface area (Å²) >= 11 is 1.40. The lowest BCUT2D eigenvalue weighted by atomic mass is 10.2. The Balaban J connectivity index is 1.95. The normalized spacial score (nSPS) is 10.8. The summed E-state index contributed by atoms with van der Waals surface area (Å²) in [6, 6.07) is 5.92.